The molecule has 3 aromatic rings. The number of hydrogen-bond donors (Lipinski definition) is 1. The minimum Gasteiger partial charge on any atom is -0.496 e. The molecule has 0 bridgehead atoms. The first-order chi connectivity index (χ1) is 12.2. The molecule has 4 heteroatoms. The van der Waals surface area contributed by atoms with E-state index < -0.39 is 0 Å². The Morgan fingerprint density at radius 3 is 2.40 bits per heavy atom. The molecule has 0 atom stereocenters. The van der Waals surface area contributed by atoms with Crippen LogP contribution in [0.4, 0.5) is 4.39 Å². The van der Waals surface area contributed by atoms with E-state index in [0.717, 1.165) is 16.7 Å². The smallest absolute Gasteiger partial charge is 0.251 e. The number of nitrogens with one attached hydrogen (secondary N) is 1. The van der Waals surface area contributed by atoms with Crippen molar-refractivity contribution in [3.05, 3.63) is 89.7 Å². The molecule has 1 amide bonds. The van der Waals surface area contributed by atoms with Crippen LogP contribution in [0.2, 0.25) is 0 Å². The fourth-order valence-electron chi connectivity index (χ4n) is 2.58. The van der Waals surface area contributed by atoms with Gasteiger partial charge in [0.15, 0.2) is 0 Å². The van der Waals surface area contributed by atoms with Crippen LogP contribution in [0.1, 0.15) is 15.9 Å². The van der Waals surface area contributed by atoms with Crippen molar-refractivity contribution in [1.29, 1.82) is 0 Å². The molecule has 126 valence electrons. The molecule has 3 aromatic carbocycles. The van der Waals surface area contributed by atoms with E-state index in [1.165, 1.54) is 12.1 Å². The molecule has 0 aromatic heterocycles. The molecule has 3 rings (SSSR count). The Bertz CT molecular complexity index is 861. The van der Waals surface area contributed by atoms with E-state index in [1.54, 1.807) is 31.4 Å². The van der Waals surface area contributed by atoms with Gasteiger partial charge in [-0.15, -0.1) is 0 Å². The molecule has 0 aliphatic heterocycles. The second-order valence-electron chi connectivity index (χ2n) is 5.59. The van der Waals surface area contributed by atoms with Crippen LogP contribution in [0.5, 0.6) is 5.75 Å². The Kier molecular flexibility index (Phi) is 5.09. The topological polar surface area (TPSA) is 38.3 Å². The first-order valence-corrected chi connectivity index (χ1v) is 7.93. The van der Waals surface area contributed by atoms with Crippen LogP contribution in [0, 0.1) is 5.82 Å². The maximum absolute atomic E-state index is 12.9. The Labute approximate surface area is 146 Å². The van der Waals surface area contributed by atoms with Crippen LogP contribution in [0.25, 0.3) is 11.1 Å². The second kappa shape index (κ2) is 7.62. The normalized spacial score (nSPS) is 10.3. The Balaban J connectivity index is 1.76. The molecule has 0 fully saturated rings. The number of halogens is 1. The predicted octanol–water partition coefficient (Wildman–Crippen LogP) is 4.43. The number of ether oxygens (including phenoxy) is 1. The standard InChI is InChI=1S/C21H18FNO2/c1-25-20-13-17(9-12-19(20)16-5-3-2-4-6-16)21(24)23-14-15-7-10-18(22)11-8-15/h2-13H,14H2,1H3,(H,23,24). The van der Waals surface area contributed by atoms with E-state index in [0.29, 0.717) is 17.9 Å². The molecule has 0 aliphatic carbocycles. The largest absolute Gasteiger partial charge is 0.496 e. The van der Waals surface area contributed by atoms with Gasteiger partial charge < -0.3 is 10.1 Å². The monoisotopic (exact) mass is 335 g/mol. The van der Waals surface area contributed by atoms with E-state index in [1.807, 2.05) is 36.4 Å². The van der Waals surface area contributed by atoms with Crippen molar-refractivity contribution in [1.82, 2.24) is 5.32 Å². The number of methoxy groups -OCH3 is 1. The van der Waals surface area contributed by atoms with Crippen LogP contribution in [0.15, 0.2) is 72.8 Å². The lowest BCUT2D eigenvalue weighted by Gasteiger charge is -2.11. The summed E-state index contributed by atoms with van der Waals surface area (Å²) in [5.74, 6) is 0.138. The summed E-state index contributed by atoms with van der Waals surface area (Å²) in [6.45, 7) is 0.335. The van der Waals surface area contributed by atoms with Crippen molar-refractivity contribution >= 4 is 5.91 Å². The molecule has 3 nitrogen and oxygen atoms in total. The Hall–Kier alpha value is -3.14. The van der Waals surface area contributed by atoms with E-state index in [-0.39, 0.29) is 11.7 Å². The number of amides is 1. The molecule has 0 saturated carbocycles. The van der Waals surface area contributed by atoms with E-state index in [2.05, 4.69) is 5.32 Å². The minimum absolute atomic E-state index is 0.206. The van der Waals surface area contributed by atoms with Gasteiger partial charge in [-0.05, 0) is 41.5 Å². The van der Waals surface area contributed by atoms with Gasteiger partial charge in [0.2, 0.25) is 0 Å². The van der Waals surface area contributed by atoms with Gasteiger partial charge in [-0.25, -0.2) is 4.39 Å². The molecule has 0 unspecified atom stereocenters. The summed E-state index contributed by atoms with van der Waals surface area (Å²) in [4.78, 5) is 12.4. The highest BCUT2D eigenvalue weighted by Crippen LogP contribution is 2.30. The summed E-state index contributed by atoms with van der Waals surface area (Å²) in [5.41, 5.74) is 3.30. The van der Waals surface area contributed by atoms with Crippen LogP contribution < -0.4 is 10.1 Å². The van der Waals surface area contributed by atoms with E-state index >= 15 is 0 Å². The van der Waals surface area contributed by atoms with Crippen LogP contribution >= 0.6 is 0 Å². The summed E-state index contributed by atoms with van der Waals surface area (Å²) >= 11 is 0. The molecule has 1 N–H and O–H groups in total. The molecule has 0 spiro atoms. The Morgan fingerprint density at radius 1 is 1.00 bits per heavy atom. The number of carbonyl (C=O) groups excluding carboxylic acids is 1. The zero-order valence-electron chi connectivity index (χ0n) is 13.8. The van der Waals surface area contributed by atoms with Gasteiger partial charge in [-0.3, -0.25) is 4.79 Å². The summed E-state index contributed by atoms with van der Waals surface area (Å²) in [6.07, 6.45) is 0. The molecular formula is C21H18FNO2. The quantitative estimate of drug-likeness (QED) is 0.749. The van der Waals surface area contributed by atoms with Gasteiger partial charge in [0.25, 0.3) is 5.91 Å². The molecule has 0 heterocycles. The van der Waals surface area contributed by atoms with Crippen molar-refractivity contribution < 1.29 is 13.9 Å². The average molecular weight is 335 g/mol. The average Bonchev–Trinajstić information content (AvgIpc) is 2.67. The maximum Gasteiger partial charge on any atom is 0.251 e. The highest BCUT2D eigenvalue weighted by molar-refractivity contribution is 5.95. The highest BCUT2D eigenvalue weighted by Gasteiger charge is 2.11. The predicted molar refractivity (Wildman–Crippen MR) is 96.0 cm³/mol. The first-order valence-electron chi connectivity index (χ1n) is 7.93. The third kappa shape index (κ3) is 4.04. The van der Waals surface area contributed by atoms with Crippen molar-refractivity contribution in [3.63, 3.8) is 0 Å². The van der Waals surface area contributed by atoms with Gasteiger partial charge in [0, 0.05) is 17.7 Å². The van der Waals surface area contributed by atoms with Crippen LogP contribution in [0.3, 0.4) is 0 Å². The third-order valence-electron chi connectivity index (χ3n) is 3.91. The zero-order valence-corrected chi connectivity index (χ0v) is 13.8. The van der Waals surface area contributed by atoms with Crippen molar-refractivity contribution in [2.75, 3.05) is 7.11 Å². The van der Waals surface area contributed by atoms with E-state index in [9.17, 15) is 9.18 Å². The lowest BCUT2D eigenvalue weighted by molar-refractivity contribution is 0.0950. The number of hydrogen-bond acceptors (Lipinski definition) is 2. The van der Waals surface area contributed by atoms with Crippen molar-refractivity contribution in [3.8, 4) is 16.9 Å². The maximum atomic E-state index is 12.9. The van der Waals surface area contributed by atoms with Crippen LogP contribution in [-0.4, -0.2) is 13.0 Å². The number of rotatable bonds is 5. The molecule has 25 heavy (non-hydrogen) atoms. The van der Waals surface area contributed by atoms with Gasteiger partial charge >= 0.3 is 0 Å². The summed E-state index contributed by atoms with van der Waals surface area (Å²) in [6, 6.07) is 21.3. The Morgan fingerprint density at radius 2 is 1.72 bits per heavy atom. The second-order valence-corrected chi connectivity index (χ2v) is 5.59. The first kappa shape index (κ1) is 16.7. The highest BCUT2D eigenvalue weighted by atomic mass is 19.1. The number of benzene rings is 3. The van der Waals surface area contributed by atoms with Crippen molar-refractivity contribution in [2.24, 2.45) is 0 Å². The fourth-order valence-corrected chi connectivity index (χ4v) is 2.58. The SMILES string of the molecule is COc1cc(C(=O)NCc2ccc(F)cc2)ccc1-c1ccccc1. The lowest BCUT2D eigenvalue weighted by atomic mass is 10.0. The molecule has 0 saturated heterocycles. The summed E-state index contributed by atoms with van der Waals surface area (Å²) in [5, 5.41) is 2.83. The van der Waals surface area contributed by atoms with Crippen LogP contribution in [-0.2, 0) is 6.54 Å². The molecular weight excluding hydrogens is 317 g/mol. The van der Waals surface area contributed by atoms with Crippen molar-refractivity contribution in [2.45, 2.75) is 6.54 Å². The van der Waals surface area contributed by atoms with Gasteiger partial charge in [0.05, 0.1) is 7.11 Å². The fraction of sp³-hybridized carbons (Fsp3) is 0.0952. The molecule has 0 radical (unpaired) electrons. The van der Waals surface area contributed by atoms with Gasteiger partial charge in [-0.1, -0.05) is 42.5 Å². The minimum atomic E-state index is -0.295. The molecule has 0 aliphatic rings. The summed E-state index contributed by atoms with van der Waals surface area (Å²) in [7, 11) is 1.59. The van der Waals surface area contributed by atoms with Gasteiger partial charge in [-0.2, -0.15) is 0 Å². The zero-order chi connectivity index (χ0) is 17.6. The third-order valence-corrected chi connectivity index (χ3v) is 3.91. The van der Waals surface area contributed by atoms with Gasteiger partial charge in [0.1, 0.15) is 11.6 Å². The van der Waals surface area contributed by atoms with E-state index in [4.69, 9.17) is 4.74 Å². The summed E-state index contributed by atoms with van der Waals surface area (Å²) < 4.78 is 18.4. The lowest BCUT2D eigenvalue weighted by Crippen LogP contribution is -2.22. The number of carbonyl (C=O) groups is 1.